The van der Waals surface area contributed by atoms with Crippen LogP contribution in [0.1, 0.15) is 12.0 Å². The van der Waals surface area contributed by atoms with Gasteiger partial charge >= 0.3 is 0 Å². The van der Waals surface area contributed by atoms with Crippen molar-refractivity contribution in [3.63, 3.8) is 0 Å². The minimum absolute atomic E-state index is 0.198. The second-order valence-electron chi connectivity index (χ2n) is 4.43. The first-order valence-electron chi connectivity index (χ1n) is 5.96. The summed E-state index contributed by atoms with van der Waals surface area (Å²) in [4.78, 5) is 2.07. The monoisotopic (exact) mass is 288 g/mol. The van der Waals surface area contributed by atoms with Gasteiger partial charge in [0.05, 0.1) is 11.5 Å². The van der Waals surface area contributed by atoms with E-state index in [1.807, 2.05) is 18.2 Å². The molecule has 1 heterocycles. The number of hydrogen-bond donors (Lipinski definition) is 1. The van der Waals surface area contributed by atoms with Crippen molar-refractivity contribution in [3.8, 4) is 0 Å². The number of benzene rings is 1. The third-order valence-corrected chi connectivity index (χ3v) is 5.26. The number of nitrogens with zero attached hydrogens (tertiary/aromatic N) is 1. The topological polar surface area (TPSA) is 63.4 Å². The predicted molar refractivity (Wildman–Crippen MR) is 74.8 cm³/mol. The minimum atomic E-state index is -2.90. The maximum atomic E-state index is 11.6. The fraction of sp³-hybridized carbons (Fsp3) is 0.500. The van der Waals surface area contributed by atoms with Crippen LogP contribution in [0.15, 0.2) is 18.2 Å². The molecule has 1 aromatic rings. The number of hydrogen-bond acceptors (Lipinski definition) is 4. The van der Waals surface area contributed by atoms with E-state index in [0.717, 1.165) is 17.8 Å². The van der Waals surface area contributed by atoms with Gasteiger partial charge in [-0.1, -0.05) is 17.7 Å². The zero-order chi connectivity index (χ0) is 13.2. The molecular weight excluding hydrogens is 272 g/mol. The number of anilines is 1. The highest BCUT2D eigenvalue weighted by Gasteiger charge is 2.21. The molecule has 0 aromatic heterocycles. The summed E-state index contributed by atoms with van der Waals surface area (Å²) in [5.41, 5.74) is 7.57. The second-order valence-corrected chi connectivity index (χ2v) is 7.14. The van der Waals surface area contributed by atoms with Crippen LogP contribution in [-0.4, -0.2) is 33.0 Å². The minimum Gasteiger partial charge on any atom is -0.370 e. The van der Waals surface area contributed by atoms with Crippen molar-refractivity contribution in [3.05, 3.63) is 28.8 Å². The lowest BCUT2D eigenvalue weighted by Gasteiger charge is -2.25. The highest BCUT2D eigenvalue weighted by Crippen LogP contribution is 2.28. The number of sulfone groups is 1. The summed E-state index contributed by atoms with van der Waals surface area (Å²) >= 11 is 6.12. The Kier molecular flexibility index (Phi) is 4.14. The molecule has 100 valence electrons. The molecule has 0 saturated carbocycles. The molecule has 18 heavy (non-hydrogen) atoms. The van der Waals surface area contributed by atoms with Crippen molar-refractivity contribution in [2.75, 3.05) is 29.5 Å². The molecular formula is C12H17ClN2O2S. The summed E-state index contributed by atoms with van der Waals surface area (Å²) in [6, 6.07) is 5.63. The van der Waals surface area contributed by atoms with E-state index in [-0.39, 0.29) is 11.5 Å². The summed E-state index contributed by atoms with van der Waals surface area (Å²) in [5.74, 6) is 0.464. The van der Waals surface area contributed by atoms with E-state index in [4.69, 9.17) is 17.3 Å². The Morgan fingerprint density at radius 2 is 2.06 bits per heavy atom. The highest BCUT2D eigenvalue weighted by atomic mass is 35.5. The van der Waals surface area contributed by atoms with E-state index in [2.05, 4.69) is 4.90 Å². The maximum Gasteiger partial charge on any atom is 0.152 e. The molecule has 0 bridgehead atoms. The Hall–Kier alpha value is -0.780. The molecule has 6 heteroatoms. The molecule has 0 unspecified atom stereocenters. The largest absolute Gasteiger partial charge is 0.370 e. The van der Waals surface area contributed by atoms with Gasteiger partial charge in [-0.2, -0.15) is 0 Å². The van der Waals surface area contributed by atoms with Crippen LogP contribution in [0, 0.1) is 0 Å². The van der Waals surface area contributed by atoms with Gasteiger partial charge in [-0.05, 0) is 18.6 Å². The number of nitrogens with two attached hydrogens (primary N) is 1. The number of halogens is 1. The summed E-state index contributed by atoms with van der Waals surface area (Å²) in [5, 5.41) is 0.641. The zero-order valence-electron chi connectivity index (χ0n) is 10.1. The lowest BCUT2D eigenvalue weighted by atomic mass is 10.1. The van der Waals surface area contributed by atoms with Crippen LogP contribution in [0.3, 0.4) is 0 Å². The molecule has 2 N–H and O–H groups in total. The standard InChI is InChI=1S/C12H17ClN2O2S/c13-11-3-1-4-12(10(11)9-14)15-5-2-7-18(16,17)8-6-15/h1,3-4H,2,5-9,14H2. The van der Waals surface area contributed by atoms with Gasteiger partial charge in [0.1, 0.15) is 0 Å². The summed E-state index contributed by atoms with van der Waals surface area (Å²) < 4.78 is 23.2. The van der Waals surface area contributed by atoms with Gasteiger partial charge in [0.25, 0.3) is 0 Å². The molecule has 0 atom stereocenters. The molecule has 0 aliphatic carbocycles. The molecule has 4 nitrogen and oxygen atoms in total. The third kappa shape index (κ3) is 2.96. The van der Waals surface area contributed by atoms with Crippen LogP contribution in [0.4, 0.5) is 5.69 Å². The normalized spacial score (nSPS) is 19.6. The Morgan fingerprint density at radius 1 is 1.28 bits per heavy atom. The fourth-order valence-electron chi connectivity index (χ4n) is 2.22. The van der Waals surface area contributed by atoms with Gasteiger partial charge in [0.2, 0.25) is 0 Å². The van der Waals surface area contributed by atoms with Gasteiger partial charge < -0.3 is 10.6 Å². The highest BCUT2D eigenvalue weighted by molar-refractivity contribution is 7.91. The third-order valence-electron chi connectivity index (χ3n) is 3.19. The van der Waals surface area contributed by atoms with Crippen LogP contribution in [0.2, 0.25) is 5.02 Å². The van der Waals surface area contributed by atoms with Gasteiger partial charge in [-0.3, -0.25) is 0 Å². The van der Waals surface area contributed by atoms with Crippen molar-refractivity contribution in [2.24, 2.45) is 5.73 Å². The van der Waals surface area contributed by atoms with E-state index < -0.39 is 9.84 Å². The molecule has 0 spiro atoms. The lowest BCUT2D eigenvalue weighted by Crippen LogP contribution is -2.28. The van der Waals surface area contributed by atoms with E-state index >= 15 is 0 Å². The van der Waals surface area contributed by atoms with Crippen molar-refractivity contribution in [1.82, 2.24) is 0 Å². The van der Waals surface area contributed by atoms with Gasteiger partial charge in [0, 0.05) is 35.9 Å². The first-order chi connectivity index (χ1) is 8.53. The summed E-state index contributed by atoms with van der Waals surface area (Å²) in [6.07, 6.45) is 0.652. The number of rotatable bonds is 2. The zero-order valence-corrected chi connectivity index (χ0v) is 11.7. The van der Waals surface area contributed by atoms with Crippen LogP contribution < -0.4 is 10.6 Å². The van der Waals surface area contributed by atoms with Crippen molar-refractivity contribution in [1.29, 1.82) is 0 Å². The molecule has 2 rings (SSSR count). The van der Waals surface area contributed by atoms with Gasteiger partial charge in [-0.15, -0.1) is 0 Å². The SMILES string of the molecule is NCc1c(Cl)cccc1N1CCCS(=O)(=O)CC1. The first-order valence-corrected chi connectivity index (χ1v) is 8.16. The molecule has 1 aliphatic heterocycles. The average Bonchev–Trinajstić information content (AvgIpc) is 2.50. The molecule has 1 aliphatic rings. The van der Waals surface area contributed by atoms with Crippen molar-refractivity contribution < 1.29 is 8.42 Å². The van der Waals surface area contributed by atoms with Crippen LogP contribution in [0.5, 0.6) is 0 Å². The van der Waals surface area contributed by atoms with Gasteiger partial charge in [-0.25, -0.2) is 8.42 Å². The Labute approximate surface area is 113 Å². The quantitative estimate of drug-likeness (QED) is 0.894. The Morgan fingerprint density at radius 3 is 2.78 bits per heavy atom. The smallest absolute Gasteiger partial charge is 0.152 e. The molecule has 0 radical (unpaired) electrons. The maximum absolute atomic E-state index is 11.6. The van der Waals surface area contributed by atoms with Crippen molar-refractivity contribution in [2.45, 2.75) is 13.0 Å². The van der Waals surface area contributed by atoms with E-state index in [9.17, 15) is 8.42 Å². The Balaban J connectivity index is 2.29. The average molecular weight is 289 g/mol. The first kappa shape index (κ1) is 13.6. The van der Waals surface area contributed by atoms with E-state index in [0.29, 0.717) is 24.5 Å². The molecule has 1 saturated heterocycles. The van der Waals surface area contributed by atoms with E-state index in [1.54, 1.807) is 0 Å². The van der Waals surface area contributed by atoms with Gasteiger partial charge in [0.15, 0.2) is 9.84 Å². The Bertz CT molecular complexity index is 531. The fourth-order valence-corrected chi connectivity index (χ4v) is 3.74. The molecule has 1 fully saturated rings. The summed E-state index contributed by atoms with van der Waals surface area (Å²) in [6.45, 7) is 1.60. The van der Waals surface area contributed by atoms with Crippen molar-refractivity contribution >= 4 is 27.1 Å². The van der Waals surface area contributed by atoms with Crippen LogP contribution in [0.25, 0.3) is 0 Å². The van der Waals surface area contributed by atoms with Crippen LogP contribution in [-0.2, 0) is 16.4 Å². The summed E-state index contributed by atoms with van der Waals surface area (Å²) in [7, 11) is -2.90. The van der Waals surface area contributed by atoms with E-state index in [1.165, 1.54) is 0 Å². The molecule has 1 aromatic carbocycles. The lowest BCUT2D eigenvalue weighted by molar-refractivity contribution is 0.597. The molecule has 0 amide bonds. The van der Waals surface area contributed by atoms with Crippen LogP contribution >= 0.6 is 11.6 Å². The second kappa shape index (κ2) is 5.47. The predicted octanol–water partition coefficient (Wildman–Crippen LogP) is 1.42.